The topological polar surface area (TPSA) is 65.1 Å². The highest BCUT2D eigenvalue weighted by molar-refractivity contribution is 5.76. The fourth-order valence-corrected chi connectivity index (χ4v) is 4.27. The lowest BCUT2D eigenvalue weighted by Gasteiger charge is -2.41. The van der Waals surface area contributed by atoms with E-state index in [4.69, 9.17) is 4.84 Å². The van der Waals surface area contributed by atoms with Gasteiger partial charge in [0.05, 0.1) is 0 Å². The summed E-state index contributed by atoms with van der Waals surface area (Å²) in [7, 11) is 0. The number of hydrogen-bond acceptors (Lipinski definition) is 6. The van der Waals surface area contributed by atoms with E-state index in [1.165, 1.54) is 19.8 Å². The zero-order valence-electron chi connectivity index (χ0n) is 15.4. The van der Waals surface area contributed by atoms with Gasteiger partial charge in [-0.05, 0) is 44.7 Å². The lowest BCUT2D eigenvalue weighted by Crippen LogP contribution is -2.54. The molecular weight excluding hydrogens is 320 g/mol. The molecule has 3 rings (SSSR count). The van der Waals surface area contributed by atoms with Gasteiger partial charge in [0.2, 0.25) is 5.91 Å². The normalized spacial score (nSPS) is 25.1. The number of hydrogen-bond donors (Lipinski definition) is 1. The molecule has 3 heterocycles. The van der Waals surface area contributed by atoms with Crippen LogP contribution < -0.4 is 5.32 Å². The van der Waals surface area contributed by atoms with Crippen LogP contribution in [-0.2, 0) is 14.4 Å². The molecule has 0 aliphatic carbocycles. The third kappa shape index (κ3) is 5.39. The minimum absolute atomic E-state index is 0.263. The first kappa shape index (κ1) is 18.6. The van der Waals surface area contributed by atoms with E-state index < -0.39 is 0 Å². The number of nitrogens with zero attached hydrogens (tertiary/aromatic N) is 3. The predicted octanol–water partition coefficient (Wildman–Crippen LogP) is 0.463. The molecule has 3 saturated heterocycles. The molecule has 7 nitrogen and oxygen atoms in total. The minimum Gasteiger partial charge on any atom is -0.368 e. The van der Waals surface area contributed by atoms with Crippen LogP contribution in [0.25, 0.3) is 0 Å². The van der Waals surface area contributed by atoms with Crippen molar-refractivity contribution in [2.24, 2.45) is 5.92 Å². The first-order valence-electron chi connectivity index (χ1n) is 9.78. The summed E-state index contributed by atoms with van der Waals surface area (Å²) in [5, 5.41) is 5.14. The molecule has 0 bridgehead atoms. The summed E-state index contributed by atoms with van der Waals surface area (Å²) in [6.07, 6.45) is 4.95. The van der Waals surface area contributed by atoms with Gasteiger partial charge in [-0.1, -0.05) is 0 Å². The molecule has 0 aromatic rings. The number of nitrogens with one attached hydrogen (secondary N) is 1. The maximum absolute atomic E-state index is 12.6. The first-order chi connectivity index (χ1) is 12.1. The van der Waals surface area contributed by atoms with Gasteiger partial charge in [-0.15, -0.1) is 5.06 Å². The second kappa shape index (κ2) is 8.96. The Hall–Kier alpha value is -1.18. The Morgan fingerprint density at radius 1 is 0.960 bits per heavy atom. The molecule has 142 valence electrons. The maximum atomic E-state index is 12.6. The summed E-state index contributed by atoms with van der Waals surface area (Å²) >= 11 is 0. The first-order valence-corrected chi connectivity index (χ1v) is 9.78. The van der Waals surface area contributed by atoms with E-state index >= 15 is 0 Å². The van der Waals surface area contributed by atoms with Crippen molar-refractivity contribution in [3.63, 3.8) is 0 Å². The van der Waals surface area contributed by atoms with Crippen molar-refractivity contribution in [1.29, 1.82) is 0 Å². The van der Waals surface area contributed by atoms with E-state index in [0.717, 1.165) is 65.2 Å². The SMILES string of the molecule is CC(=O)ON1CCC(CC(=O)N2CCN(C3CCNCC3)CC2)CC1. The number of piperazine rings is 1. The number of rotatable bonds is 4. The highest BCUT2D eigenvalue weighted by Gasteiger charge is 2.29. The minimum atomic E-state index is -0.263. The van der Waals surface area contributed by atoms with Crippen LogP contribution in [0.2, 0.25) is 0 Å². The van der Waals surface area contributed by atoms with Crippen molar-refractivity contribution < 1.29 is 14.4 Å². The molecule has 3 aliphatic rings. The average molecular weight is 352 g/mol. The van der Waals surface area contributed by atoms with Gasteiger partial charge in [-0.25, -0.2) is 0 Å². The van der Waals surface area contributed by atoms with Crippen molar-refractivity contribution in [2.75, 3.05) is 52.4 Å². The van der Waals surface area contributed by atoms with Crippen LogP contribution in [0.3, 0.4) is 0 Å². The van der Waals surface area contributed by atoms with Crippen LogP contribution in [0.4, 0.5) is 0 Å². The molecule has 0 atom stereocenters. The predicted molar refractivity (Wildman–Crippen MR) is 94.7 cm³/mol. The smallest absolute Gasteiger partial charge is 0.322 e. The number of piperidine rings is 2. The molecule has 3 fully saturated rings. The van der Waals surface area contributed by atoms with Crippen LogP contribution in [-0.4, -0.2) is 85.1 Å². The van der Waals surface area contributed by atoms with Gasteiger partial charge in [0.15, 0.2) is 0 Å². The van der Waals surface area contributed by atoms with Gasteiger partial charge < -0.3 is 15.1 Å². The van der Waals surface area contributed by atoms with Gasteiger partial charge >= 0.3 is 5.97 Å². The van der Waals surface area contributed by atoms with Gasteiger partial charge in [0, 0.05) is 58.7 Å². The average Bonchev–Trinajstić information content (AvgIpc) is 2.64. The Kier molecular flexibility index (Phi) is 6.67. The fraction of sp³-hybridized carbons (Fsp3) is 0.889. The van der Waals surface area contributed by atoms with Crippen molar-refractivity contribution in [2.45, 2.75) is 45.1 Å². The van der Waals surface area contributed by atoms with Crippen molar-refractivity contribution in [1.82, 2.24) is 20.2 Å². The van der Waals surface area contributed by atoms with Crippen LogP contribution in [0.1, 0.15) is 39.0 Å². The zero-order chi connectivity index (χ0) is 17.6. The molecular formula is C18H32N4O3. The molecule has 0 radical (unpaired) electrons. The Morgan fingerprint density at radius 2 is 1.60 bits per heavy atom. The molecule has 25 heavy (non-hydrogen) atoms. The molecule has 1 amide bonds. The summed E-state index contributed by atoms with van der Waals surface area (Å²) in [6.45, 7) is 8.92. The summed E-state index contributed by atoms with van der Waals surface area (Å²) in [4.78, 5) is 33.3. The molecule has 0 aromatic carbocycles. The zero-order valence-corrected chi connectivity index (χ0v) is 15.4. The molecule has 0 unspecified atom stereocenters. The van der Waals surface area contributed by atoms with Gasteiger partial charge in [0.1, 0.15) is 0 Å². The number of carbonyl (C=O) groups is 2. The molecule has 0 aromatic heterocycles. The fourth-order valence-electron chi connectivity index (χ4n) is 4.27. The Labute approximate surface area is 150 Å². The lowest BCUT2D eigenvalue weighted by atomic mass is 9.93. The van der Waals surface area contributed by atoms with Crippen LogP contribution in [0.5, 0.6) is 0 Å². The van der Waals surface area contributed by atoms with E-state index in [1.54, 1.807) is 5.06 Å². The molecule has 3 aliphatic heterocycles. The van der Waals surface area contributed by atoms with E-state index in [0.29, 0.717) is 24.3 Å². The third-order valence-electron chi connectivity index (χ3n) is 5.79. The van der Waals surface area contributed by atoms with E-state index in [9.17, 15) is 9.59 Å². The Balaban J connectivity index is 1.36. The Morgan fingerprint density at radius 3 is 2.20 bits per heavy atom. The molecule has 0 saturated carbocycles. The second-order valence-electron chi connectivity index (χ2n) is 7.56. The quantitative estimate of drug-likeness (QED) is 0.793. The molecule has 1 N–H and O–H groups in total. The highest BCUT2D eigenvalue weighted by Crippen LogP contribution is 2.22. The van der Waals surface area contributed by atoms with Gasteiger partial charge in [-0.2, -0.15) is 0 Å². The largest absolute Gasteiger partial charge is 0.368 e. The standard InChI is InChI=1S/C18H32N4O3/c1-15(23)25-22-8-4-16(5-9-22)14-18(24)21-12-10-20(11-13-21)17-2-6-19-7-3-17/h16-17,19H,2-14H2,1H3. The van der Waals surface area contributed by atoms with Crippen LogP contribution in [0, 0.1) is 5.92 Å². The summed E-state index contributed by atoms with van der Waals surface area (Å²) in [5.41, 5.74) is 0. The van der Waals surface area contributed by atoms with Crippen LogP contribution >= 0.6 is 0 Å². The van der Waals surface area contributed by atoms with E-state index in [-0.39, 0.29) is 5.97 Å². The molecule has 7 heteroatoms. The van der Waals surface area contributed by atoms with Crippen molar-refractivity contribution >= 4 is 11.9 Å². The van der Waals surface area contributed by atoms with Crippen LogP contribution in [0.15, 0.2) is 0 Å². The third-order valence-corrected chi connectivity index (χ3v) is 5.79. The number of amides is 1. The van der Waals surface area contributed by atoms with Gasteiger partial charge in [-0.3, -0.25) is 14.5 Å². The van der Waals surface area contributed by atoms with Crippen molar-refractivity contribution in [3.05, 3.63) is 0 Å². The molecule has 0 spiro atoms. The Bertz CT molecular complexity index is 451. The number of carbonyl (C=O) groups excluding carboxylic acids is 2. The summed E-state index contributed by atoms with van der Waals surface area (Å²) in [5.74, 6) is 0.457. The van der Waals surface area contributed by atoms with Crippen molar-refractivity contribution in [3.8, 4) is 0 Å². The van der Waals surface area contributed by atoms with Gasteiger partial charge in [0.25, 0.3) is 0 Å². The van der Waals surface area contributed by atoms with E-state index in [1.807, 2.05) is 0 Å². The van der Waals surface area contributed by atoms with E-state index in [2.05, 4.69) is 15.1 Å². The number of hydroxylamine groups is 2. The maximum Gasteiger partial charge on any atom is 0.322 e. The second-order valence-corrected chi connectivity index (χ2v) is 7.56. The summed E-state index contributed by atoms with van der Waals surface area (Å²) < 4.78 is 0. The monoisotopic (exact) mass is 352 g/mol. The lowest BCUT2D eigenvalue weighted by molar-refractivity contribution is -0.194. The summed E-state index contributed by atoms with van der Waals surface area (Å²) in [6, 6.07) is 0.698. The highest BCUT2D eigenvalue weighted by atomic mass is 16.7.